The van der Waals surface area contributed by atoms with Crippen molar-refractivity contribution in [2.45, 2.75) is 13.5 Å². The molecule has 0 radical (unpaired) electrons. The summed E-state index contributed by atoms with van der Waals surface area (Å²) in [5, 5.41) is 4.16. The molecule has 2 rings (SSSR count). The summed E-state index contributed by atoms with van der Waals surface area (Å²) in [6.45, 7) is 2.74. The van der Waals surface area contributed by atoms with E-state index in [2.05, 4.69) is 27.3 Å². The number of rotatable bonds is 4. The highest BCUT2D eigenvalue weighted by atomic mass is 79.9. The summed E-state index contributed by atoms with van der Waals surface area (Å²) in [5.41, 5.74) is 3.28. The number of hydrogen-bond donors (Lipinski definition) is 1. The largest absolute Gasteiger partial charge is 0.496 e. The number of ether oxygens (including phenoxy) is 1. The van der Waals surface area contributed by atoms with E-state index in [0.717, 1.165) is 38.6 Å². The average Bonchev–Trinajstić information content (AvgIpc) is 2.40. The molecule has 100 valence electrons. The summed E-state index contributed by atoms with van der Waals surface area (Å²) >= 11 is 9.58. The Hall–Kier alpha value is -1.19. The van der Waals surface area contributed by atoms with Gasteiger partial charge in [-0.15, -0.1) is 0 Å². The van der Waals surface area contributed by atoms with Crippen LogP contribution in [0.4, 0.5) is 5.69 Å². The van der Waals surface area contributed by atoms with Gasteiger partial charge in [0.15, 0.2) is 0 Å². The van der Waals surface area contributed by atoms with Gasteiger partial charge in [0.2, 0.25) is 0 Å². The van der Waals surface area contributed by atoms with Gasteiger partial charge >= 0.3 is 0 Å². The highest BCUT2D eigenvalue weighted by Crippen LogP contribution is 2.28. The summed E-state index contributed by atoms with van der Waals surface area (Å²) in [6, 6.07) is 12.0. The summed E-state index contributed by atoms with van der Waals surface area (Å²) in [4.78, 5) is 0. The molecule has 1 N–H and O–H groups in total. The number of anilines is 1. The molecule has 0 fully saturated rings. The molecular weight excluding hydrogens is 326 g/mol. The van der Waals surface area contributed by atoms with Gasteiger partial charge in [0, 0.05) is 17.3 Å². The molecule has 0 bridgehead atoms. The smallest absolute Gasteiger partial charge is 0.133 e. The second-order valence-corrected chi connectivity index (χ2v) is 5.55. The fraction of sp³-hybridized carbons (Fsp3) is 0.200. The molecule has 0 aliphatic carbocycles. The number of aryl methyl sites for hydroxylation is 1. The summed E-state index contributed by atoms with van der Waals surface area (Å²) in [7, 11) is 1.65. The zero-order valence-electron chi connectivity index (χ0n) is 10.8. The van der Waals surface area contributed by atoms with Crippen LogP contribution in [0.2, 0.25) is 5.02 Å². The first kappa shape index (κ1) is 14.2. The van der Waals surface area contributed by atoms with Crippen LogP contribution in [0, 0.1) is 6.92 Å². The van der Waals surface area contributed by atoms with Crippen molar-refractivity contribution in [2.75, 3.05) is 12.4 Å². The Balaban J connectivity index is 2.05. The molecule has 0 saturated heterocycles. The lowest BCUT2D eigenvalue weighted by Gasteiger charge is -2.10. The number of nitrogens with one attached hydrogen (secondary N) is 1. The predicted molar refractivity (Wildman–Crippen MR) is 84.2 cm³/mol. The van der Waals surface area contributed by atoms with E-state index in [0.29, 0.717) is 0 Å². The third-order valence-electron chi connectivity index (χ3n) is 2.88. The van der Waals surface area contributed by atoms with Crippen molar-refractivity contribution in [1.82, 2.24) is 0 Å². The minimum absolute atomic E-state index is 0.735. The first-order chi connectivity index (χ1) is 9.10. The minimum atomic E-state index is 0.735. The van der Waals surface area contributed by atoms with Crippen molar-refractivity contribution in [3.8, 4) is 5.75 Å². The van der Waals surface area contributed by atoms with Crippen molar-refractivity contribution < 1.29 is 4.74 Å². The van der Waals surface area contributed by atoms with Crippen LogP contribution in [-0.2, 0) is 6.54 Å². The Labute approximate surface area is 126 Å². The fourth-order valence-electron chi connectivity index (χ4n) is 1.73. The van der Waals surface area contributed by atoms with Gasteiger partial charge in [-0.3, -0.25) is 0 Å². The quantitative estimate of drug-likeness (QED) is 0.842. The van der Waals surface area contributed by atoms with Crippen molar-refractivity contribution in [2.24, 2.45) is 0 Å². The van der Waals surface area contributed by atoms with Crippen molar-refractivity contribution in [3.05, 3.63) is 57.0 Å². The molecule has 0 aliphatic heterocycles. The average molecular weight is 341 g/mol. The molecule has 0 unspecified atom stereocenters. The van der Waals surface area contributed by atoms with E-state index in [1.165, 1.54) is 0 Å². The highest BCUT2D eigenvalue weighted by Gasteiger charge is 2.02. The van der Waals surface area contributed by atoms with Gasteiger partial charge < -0.3 is 10.1 Å². The molecule has 19 heavy (non-hydrogen) atoms. The molecule has 0 aromatic heterocycles. The third-order valence-corrected chi connectivity index (χ3v) is 3.91. The van der Waals surface area contributed by atoms with Crippen molar-refractivity contribution in [3.63, 3.8) is 0 Å². The zero-order valence-corrected chi connectivity index (χ0v) is 13.2. The van der Waals surface area contributed by atoms with Gasteiger partial charge in [-0.2, -0.15) is 0 Å². The molecule has 4 heteroatoms. The number of benzene rings is 2. The molecule has 2 aromatic carbocycles. The minimum Gasteiger partial charge on any atom is -0.496 e. The van der Waals surface area contributed by atoms with Gasteiger partial charge in [-0.1, -0.05) is 23.7 Å². The second-order valence-electron chi connectivity index (χ2n) is 4.29. The lowest BCUT2D eigenvalue weighted by Crippen LogP contribution is -1.99. The predicted octanol–water partition coefficient (Wildman–Crippen LogP) is 5.03. The van der Waals surface area contributed by atoms with E-state index >= 15 is 0 Å². The number of hydrogen-bond acceptors (Lipinski definition) is 2. The lowest BCUT2D eigenvalue weighted by atomic mass is 10.1. The Morgan fingerprint density at radius 2 is 2.00 bits per heavy atom. The Kier molecular flexibility index (Phi) is 4.72. The molecule has 0 heterocycles. The van der Waals surface area contributed by atoms with E-state index in [1.54, 1.807) is 7.11 Å². The van der Waals surface area contributed by atoms with E-state index < -0.39 is 0 Å². The molecule has 0 aliphatic rings. The van der Waals surface area contributed by atoms with Gasteiger partial charge in [-0.25, -0.2) is 0 Å². The normalized spacial score (nSPS) is 10.3. The van der Waals surface area contributed by atoms with Crippen LogP contribution in [0.5, 0.6) is 5.75 Å². The zero-order chi connectivity index (χ0) is 13.8. The van der Waals surface area contributed by atoms with E-state index in [9.17, 15) is 0 Å². The number of methoxy groups -OCH3 is 1. The first-order valence-corrected chi connectivity index (χ1v) is 7.09. The summed E-state index contributed by atoms with van der Waals surface area (Å²) < 4.78 is 6.13. The Morgan fingerprint density at radius 3 is 2.63 bits per heavy atom. The molecule has 0 atom stereocenters. The monoisotopic (exact) mass is 339 g/mol. The van der Waals surface area contributed by atoms with Crippen molar-refractivity contribution >= 4 is 33.2 Å². The van der Waals surface area contributed by atoms with E-state index in [1.807, 2.05) is 37.3 Å². The van der Waals surface area contributed by atoms with E-state index in [4.69, 9.17) is 16.3 Å². The topological polar surface area (TPSA) is 21.3 Å². The van der Waals surface area contributed by atoms with Gasteiger partial charge in [0.05, 0.1) is 11.6 Å². The van der Waals surface area contributed by atoms with Crippen LogP contribution in [0.3, 0.4) is 0 Å². The molecule has 0 spiro atoms. The second kappa shape index (κ2) is 6.31. The first-order valence-electron chi connectivity index (χ1n) is 5.92. The molecule has 2 nitrogen and oxygen atoms in total. The summed E-state index contributed by atoms with van der Waals surface area (Å²) in [6.07, 6.45) is 0. The van der Waals surface area contributed by atoms with Crippen LogP contribution in [0.25, 0.3) is 0 Å². The highest BCUT2D eigenvalue weighted by molar-refractivity contribution is 9.10. The van der Waals surface area contributed by atoms with Crippen LogP contribution in [0.15, 0.2) is 40.9 Å². The number of halogens is 2. The maximum Gasteiger partial charge on any atom is 0.133 e. The lowest BCUT2D eigenvalue weighted by molar-refractivity contribution is 0.412. The SMILES string of the molecule is COc1ccc(NCc2ccc(C)c(Cl)c2)cc1Br. The van der Waals surface area contributed by atoms with Crippen molar-refractivity contribution in [1.29, 1.82) is 0 Å². The molecule has 0 amide bonds. The maximum absolute atomic E-state index is 6.11. The molecule has 2 aromatic rings. The Bertz CT molecular complexity index is 586. The maximum atomic E-state index is 6.11. The van der Waals surface area contributed by atoms with Crippen LogP contribution >= 0.6 is 27.5 Å². The van der Waals surface area contributed by atoms with Gasteiger partial charge in [-0.05, 0) is 58.2 Å². The molecule has 0 saturated carbocycles. The van der Waals surface area contributed by atoms with Gasteiger partial charge in [0.25, 0.3) is 0 Å². The fourth-order valence-corrected chi connectivity index (χ4v) is 2.47. The van der Waals surface area contributed by atoms with Crippen LogP contribution in [-0.4, -0.2) is 7.11 Å². The summed E-state index contributed by atoms with van der Waals surface area (Å²) in [5.74, 6) is 0.823. The van der Waals surface area contributed by atoms with Gasteiger partial charge in [0.1, 0.15) is 5.75 Å². The molecular formula is C15H15BrClNO. The van der Waals surface area contributed by atoms with Crippen LogP contribution < -0.4 is 10.1 Å². The Morgan fingerprint density at radius 1 is 1.21 bits per heavy atom. The van der Waals surface area contributed by atoms with Crippen LogP contribution in [0.1, 0.15) is 11.1 Å². The van der Waals surface area contributed by atoms with E-state index in [-0.39, 0.29) is 0 Å². The third kappa shape index (κ3) is 3.64. The standard InChI is InChI=1S/C15H15BrClNO/c1-10-3-4-11(7-14(10)17)9-18-12-5-6-15(19-2)13(16)8-12/h3-8,18H,9H2,1-2H3.